The van der Waals surface area contributed by atoms with Gasteiger partial charge in [-0.25, -0.2) is 9.78 Å². The highest BCUT2D eigenvalue weighted by atomic mass is 32.2. The number of pyridine rings is 1. The molecular weight excluding hydrogens is 286 g/mol. The summed E-state index contributed by atoms with van der Waals surface area (Å²) in [6.07, 6.45) is 0. The molecular formula is C15H15N3O2S. The second-order valence-corrected chi connectivity index (χ2v) is 5.86. The third-order valence-electron chi connectivity index (χ3n) is 3.40. The fourth-order valence-electron chi connectivity index (χ4n) is 2.32. The number of rotatable bonds is 3. The lowest BCUT2D eigenvalue weighted by Crippen LogP contribution is -2.35. The highest BCUT2D eigenvalue weighted by molar-refractivity contribution is 7.99. The van der Waals surface area contributed by atoms with E-state index in [0.717, 1.165) is 21.5 Å². The van der Waals surface area contributed by atoms with Crippen molar-refractivity contribution >= 4 is 34.6 Å². The molecule has 2 heterocycles. The van der Waals surface area contributed by atoms with Crippen molar-refractivity contribution in [2.45, 2.75) is 11.9 Å². The number of aromatic nitrogens is 1. The lowest BCUT2D eigenvalue weighted by atomic mass is 10.1. The normalized spacial score (nSPS) is 14.5. The van der Waals surface area contributed by atoms with E-state index in [0.29, 0.717) is 13.1 Å². The van der Waals surface area contributed by atoms with E-state index in [4.69, 9.17) is 0 Å². The standard InChI is InChI=1S/C15H15N3O2S/c1-10-8-13(17-12-5-3-2-4-11(10)12)21-9-14(19)18-7-6-16-15(18)20/h2-5,8H,6-7,9H2,1H3,(H,16,20). The number of urea groups is 1. The SMILES string of the molecule is Cc1cc(SCC(=O)N2CCNC2=O)nc2ccccc12. The summed E-state index contributed by atoms with van der Waals surface area (Å²) in [4.78, 5) is 29.2. The van der Waals surface area contributed by atoms with Crippen LogP contribution in [0.4, 0.5) is 4.79 Å². The van der Waals surface area contributed by atoms with Gasteiger partial charge in [0.25, 0.3) is 0 Å². The monoisotopic (exact) mass is 301 g/mol. The molecule has 1 aromatic heterocycles. The zero-order valence-electron chi connectivity index (χ0n) is 11.6. The van der Waals surface area contributed by atoms with Gasteiger partial charge < -0.3 is 5.32 Å². The molecule has 0 radical (unpaired) electrons. The van der Waals surface area contributed by atoms with E-state index in [1.165, 1.54) is 16.7 Å². The predicted molar refractivity (Wildman–Crippen MR) is 82.3 cm³/mol. The average Bonchev–Trinajstić information content (AvgIpc) is 2.91. The van der Waals surface area contributed by atoms with Gasteiger partial charge in [0.15, 0.2) is 0 Å². The minimum Gasteiger partial charge on any atom is -0.336 e. The molecule has 5 nitrogen and oxygen atoms in total. The summed E-state index contributed by atoms with van der Waals surface area (Å²) in [7, 11) is 0. The Labute approximate surface area is 126 Å². The minimum atomic E-state index is -0.303. The topological polar surface area (TPSA) is 62.3 Å². The number of para-hydroxylation sites is 1. The van der Waals surface area contributed by atoms with E-state index >= 15 is 0 Å². The van der Waals surface area contributed by atoms with Gasteiger partial charge >= 0.3 is 6.03 Å². The number of imide groups is 1. The maximum absolute atomic E-state index is 12.0. The van der Waals surface area contributed by atoms with Gasteiger partial charge in [-0.15, -0.1) is 0 Å². The number of benzene rings is 1. The Balaban J connectivity index is 1.73. The third kappa shape index (κ3) is 2.85. The largest absolute Gasteiger partial charge is 0.336 e. The molecule has 0 spiro atoms. The first kappa shape index (κ1) is 13.9. The number of hydrogen-bond acceptors (Lipinski definition) is 4. The molecule has 0 aliphatic carbocycles. The molecule has 0 bridgehead atoms. The molecule has 21 heavy (non-hydrogen) atoms. The molecule has 1 aliphatic rings. The van der Waals surface area contributed by atoms with E-state index in [1.54, 1.807) is 0 Å². The third-order valence-corrected chi connectivity index (χ3v) is 4.30. The summed E-state index contributed by atoms with van der Waals surface area (Å²) in [6, 6.07) is 9.60. The molecule has 0 atom stereocenters. The van der Waals surface area contributed by atoms with E-state index in [9.17, 15) is 9.59 Å². The molecule has 1 fully saturated rings. The molecule has 2 aromatic rings. The lowest BCUT2D eigenvalue weighted by molar-refractivity contribution is -0.124. The number of nitrogens with zero attached hydrogens (tertiary/aromatic N) is 2. The van der Waals surface area contributed by atoms with Crippen molar-refractivity contribution in [3.05, 3.63) is 35.9 Å². The molecule has 6 heteroatoms. The van der Waals surface area contributed by atoms with Crippen molar-refractivity contribution in [1.29, 1.82) is 0 Å². The first-order valence-electron chi connectivity index (χ1n) is 6.72. The van der Waals surface area contributed by atoms with Crippen molar-refractivity contribution in [1.82, 2.24) is 15.2 Å². The Morgan fingerprint density at radius 1 is 1.43 bits per heavy atom. The van der Waals surface area contributed by atoms with Crippen LogP contribution >= 0.6 is 11.8 Å². The van der Waals surface area contributed by atoms with E-state index in [2.05, 4.69) is 10.3 Å². The number of carbonyl (C=O) groups is 2. The van der Waals surface area contributed by atoms with Gasteiger partial charge in [0.1, 0.15) is 0 Å². The number of hydrogen-bond donors (Lipinski definition) is 1. The highest BCUT2D eigenvalue weighted by Gasteiger charge is 2.25. The van der Waals surface area contributed by atoms with Gasteiger partial charge in [0.05, 0.1) is 16.3 Å². The van der Waals surface area contributed by atoms with Crippen LogP contribution in [-0.2, 0) is 4.79 Å². The Bertz CT molecular complexity index is 717. The van der Waals surface area contributed by atoms with Crippen LogP contribution in [0.5, 0.6) is 0 Å². The summed E-state index contributed by atoms with van der Waals surface area (Å²) >= 11 is 1.36. The summed E-state index contributed by atoms with van der Waals surface area (Å²) in [5.41, 5.74) is 2.06. The first-order valence-corrected chi connectivity index (χ1v) is 7.71. The quantitative estimate of drug-likeness (QED) is 0.883. The molecule has 1 aromatic carbocycles. The zero-order valence-corrected chi connectivity index (χ0v) is 12.4. The number of aryl methyl sites for hydroxylation is 1. The van der Waals surface area contributed by atoms with Gasteiger partial charge in [0, 0.05) is 18.5 Å². The summed E-state index contributed by atoms with van der Waals surface area (Å²) < 4.78 is 0. The average molecular weight is 301 g/mol. The van der Waals surface area contributed by atoms with E-state index in [1.807, 2.05) is 37.3 Å². The Kier molecular flexibility index (Phi) is 3.79. The first-order chi connectivity index (χ1) is 10.1. The van der Waals surface area contributed by atoms with Crippen molar-refractivity contribution in [2.24, 2.45) is 0 Å². The fourth-order valence-corrected chi connectivity index (χ4v) is 3.17. The number of fused-ring (bicyclic) bond motifs is 1. The van der Waals surface area contributed by atoms with Crippen LogP contribution in [0.1, 0.15) is 5.56 Å². The van der Waals surface area contributed by atoms with Gasteiger partial charge in [-0.3, -0.25) is 9.69 Å². The van der Waals surface area contributed by atoms with E-state index < -0.39 is 0 Å². The molecule has 1 N–H and O–H groups in total. The van der Waals surface area contributed by atoms with Crippen LogP contribution in [0.15, 0.2) is 35.4 Å². The number of carbonyl (C=O) groups excluding carboxylic acids is 2. The zero-order chi connectivity index (χ0) is 14.8. The second kappa shape index (κ2) is 5.73. The molecule has 108 valence electrons. The smallest absolute Gasteiger partial charge is 0.324 e. The summed E-state index contributed by atoms with van der Waals surface area (Å²) in [6.45, 7) is 3.01. The van der Waals surface area contributed by atoms with Crippen molar-refractivity contribution in [2.75, 3.05) is 18.8 Å². The Morgan fingerprint density at radius 3 is 3.00 bits per heavy atom. The number of thioether (sulfide) groups is 1. The molecule has 1 saturated heterocycles. The van der Waals surface area contributed by atoms with Crippen LogP contribution in [-0.4, -0.2) is 40.7 Å². The lowest BCUT2D eigenvalue weighted by Gasteiger charge is -2.11. The van der Waals surface area contributed by atoms with Gasteiger partial charge in [0.2, 0.25) is 5.91 Å². The van der Waals surface area contributed by atoms with Crippen molar-refractivity contribution in [3.63, 3.8) is 0 Å². The Hall–Kier alpha value is -2.08. The van der Waals surface area contributed by atoms with E-state index in [-0.39, 0.29) is 17.7 Å². The molecule has 3 rings (SSSR count). The van der Waals surface area contributed by atoms with Crippen LogP contribution in [0.2, 0.25) is 0 Å². The van der Waals surface area contributed by atoms with Crippen LogP contribution in [0, 0.1) is 6.92 Å². The predicted octanol–water partition coefficient (Wildman–Crippen LogP) is 2.19. The molecule has 3 amide bonds. The van der Waals surface area contributed by atoms with Crippen LogP contribution in [0.25, 0.3) is 10.9 Å². The number of nitrogens with one attached hydrogen (secondary N) is 1. The van der Waals surface area contributed by atoms with Crippen molar-refractivity contribution < 1.29 is 9.59 Å². The highest BCUT2D eigenvalue weighted by Crippen LogP contribution is 2.23. The maximum atomic E-state index is 12.0. The van der Waals surface area contributed by atoms with Crippen LogP contribution in [0.3, 0.4) is 0 Å². The number of amides is 3. The maximum Gasteiger partial charge on any atom is 0.324 e. The Morgan fingerprint density at radius 2 is 2.24 bits per heavy atom. The summed E-state index contributed by atoms with van der Waals surface area (Å²) in [5, 5.41) is 4.55. The van der Waals surface area contributed by atoms with Crippen LogP contribution < -0.4 is 5.32 Å². The fraction of sp³-hybridized carbons (Fsp3) is 0.267. The summed E-state index contributed by atoms with van der Waals surface area (Å²) in [5.74, 6) is 0.0423. The van der Waals surface area contributed by atoms with Crippen molar-refractivity contribution in [3.8, 4) is 0 Å². The minimum absolute atomic E-state index is 0.178. The molecule has 0 saturated carbocycles. The second-order valence-electron chi connectivity index (χ2n) is 4.86. The van der Waals surface area contributed by atoms with Gasteiger partial charge in [-0.1, -0.05) is 30.0 Å². The van der Waals surface area contributed by atoms with Gasteiger partial charge in [-0.05, 0) is 24.6 Å². The molecule has 0 unspecified atom stereocenters. The van der Waals surface area contributed by atoms with Gasteiger partial charge in [-0.2, -0.15) is 0 Å². The molecule has 1 aliphatic heterocycles.